The number of rotatable bonds is 6. The molecule has 2 N–H and O–H groups in total. The predicted octanol–water partition coefficient (Wildman–Crippen LogP) is 1.04. The Kier molecular flexibility index (Phi) is 7.36. The molecule has 10 heteroatoms. The first-order valence-corrected chi connectivity index (χ1v) is 10.1. The molecule has 164 valence electrons. The Morgan fingerprint density at radius 2 is 1.74 bits per heavy atom. The maximum atomic E-state index is 12.4. The van der Waals surface area contributed by atoms with Crippen molar-refractivity contribution in [2.24, 2.45) is 0 Å². The van der Waals surface area contributed by atoms with Gasteiger partial charge in [-0.05, 0) is 24.3 Å². The number of hydrogen-bond donors (Lipinski definition) is 2. The lowest BCUT2D eigenvalue weighted by Gasteiger charge is -2.34. The van der Waals surface area contributed by atoms with Crippen molar-refractivity contribution < 1.29 is 14.4 Å². The number of anilines is 2. The van der Waals surface area contributed by atoms with Gasteiger partial charge in [0.2, 0.25) is 11.9 Å². The number of amides is 4. The molecule has 0 atom stereocenters. The Morgan fingerprint density at radius 3 is 2.42 bits per heavy atom. The second kappa shape index (κ2) is 10.4. The molecule has 3 rings (SSSR count). The van der Waals surface area contributed by atoms with Gasteiger partial charge in [0, 0.05) is 76.9 Å². The summed E-state index contributed by atoms with van der Waals surface area (Å²) in [4.78, 5) is 50.3. The van der Waals surface area contributed by atoms with Crippen LogP contribution in [0.2, 0.25) is 0 Å². The fraction of sp³-hybridized carbons (Fsp3) is 0.381. The normalized spacial score (nSPS) is 13.5. The number of hydrogen-bond acceptors (Lipinski definition) is 6. The molecule has 2 aromatic rings. The highest BCUT2D eigenvalue weighted by molar-refractivity contribution is 5.96. The summed E-state index contributed by atoms with van der Waals surface area (Å²) >= 11 is 0. The molecular weight excluding hydrogens is 398 g/mol. The largest absolute Gasteiger partial charge is 0.345 e. The quantitative estimate of drug-likeness (QED) is 0.716. The lowest BCUT2D eigenvalue weighted by atomic mass is 10.2. The second-order valence-electron chi connectivity index (χ2n) is 7.33. The fourth-order valence-corrected chi connectivity index (χ4v) is 3.21. The molecule has 1 aromatic carbocycles. The molecule has 31 heavy (non-hydrogen) atoms. The molecule has 1 aliphatic heterocycles. The van der Waals surface area contributed by atoms with Crippen molar-refractivity contribution >= 4 is 29.5 Å². The van der Waals surface area contributed by atoms with Crippen molar-refractivity contribution in [3.05, 3.63) is 48.3 Å². The van der Waals surface area contributed by atoms with Gasteiger partial charge in [0.15, 0.2) is 0 Å². The smallest absolute Gasteiger partial charge is 0.319 e. The monoisotopic (exact) mass is 425 g/mol. The van der Waals surface area contributed by atoms with Crippen LogP contribution in [0.4, 0.5) is 16.4 Å². The van der Waals surface area contributed by atoms with E-state index >= 15 is 0 Å². The van der Waals surface area contributed by atoms with E-state index in [9.17, 15) is 14.4 Å². The average Bonchev–Trinajstić information content (AvgIpc) is 2.79. The van der Waals surface area contributed by atoms with E-state index in [-0.39, 0.29) is 24.8 Å². The number of carbonyl (C=O) groups excluding carboxylic acids is 3. The molecule has 0 aliphatic carbocycles. The van der Waals surface area contributed by atoms with Crippen molar-refractivity contribution in [3.8, 4) is 0 Å². The fourth-order valence-electron chi connectivity index (χ4n) is 3.21. The van der Waals surface area contributed by atoms with E-state index in [0.717, 1.165) is 0 Å². The molecule has 1 aliphatic rings. The van der Waals surface area contributed by atoms with Gasteiger partial charge in [-0.1, -0.05) is 6.07 Å². The zero-order valence-corrected chi connectivity index (χ0v) is 17.7. The van der Waals surface area contributed by atoms with Gasteiger partial charge in [0.05, 0.1) is 0 Å². The first kappa shape index (κ1) is 22.0. The van der Waals surface area contributed by atoms with Crippen molar-refractivity contribution in [3.63, 3.8) is 0 Å². The van der Waals surface area contributed by atoms with Gasteiger partial charge in [0.1, 0.15) is 0 Å². The number of nitrogens with zero attached hydrogens (tertiary/aromatic N) is 5. The molecule has 0 spiro atoms. The van der Waals surface area contributed by atoms with Gasteiger partial charge in [0.25, 0.3) is 5.91 Å². The van der Waals surface area contributed by atoms with Gasteiger partial charge in [-0.25, -0.2) is 14.8 Å². The summed E-state index contributed by atoms with van der Waals surface area (Å²) in [6.07, 6.45) is 3.62. The van der Waals surface area contributed by atoms with E-state index in [1.165, 1.54) is 4.90 Å². The van der Waals surface area contributed by atoms with Crippen molar-refractivity contribution in [1.29, 1.82) is 0 Å². The standard InChI is InChI=1S/C21H27N7O3/c1-26(2)19(30)16-5-3-6-17(15-16)25-21(31)24-10-7-18(29)27-11-13-28(14-12-27)20-22-8-4-9-23-20/h3-6,8-9,15H,7,10-14H2,1-2H3,(H2,24,25,31). The lowest BCUT2D eigenvalue weighted by molar-refractivity contribution is -0.131. The molecule has 1 aromatic heterocycles. The van der Waals surface area contributed by atoms with Crippen LogP contribution >= 0.6 is 0 Å². The molecule has 0 radical (unpaired) electrons. The van der Waals surface area contributed by atoms with Gasteiger partial charge in [-0.15, -0.1) is 0 Å². The molecule has 1 fully saturated rings. The lowest BCUT2D eigenvalue weighted by Crippen LogP contribution is -2.49. The number of nitrogens with one attached hydrogen (secondary N) is 2. The third-order valence-corrected chi connectivity index (χ3v) is 4.87. The molecule has 0 saturated carbocycles. The molecule has 0 bridgehead atoms. The molecule has 10 nitrogen and oxygen atoms in total. The number of piperazine rings is 1. The Hall–Kier alpha value is -3.69. The molecular formula is C21H27N7O3. The van der Waals surface area contributed by atoms with Gasteiger partial charge in [-0.2, -0.15) is 0 Å². The summed E-state index contributed by atoms with van der Waals surface area (Å²) in [6.45, 7) is 2.76. The summed E-state index contributed by atoms with van der Waals surface area (Å²) in [5.41, 5.74) is 0.994. The van der Waals surface area contributed by atoms with Crippen LogP contribution in [-0.4, -0.2) is 84.4 Å². The first-order chi connectivity index (χ1) is 14.9. The molecule has 4 amide bonds. The van der Waals surface area contributed by atoms with Crippen LogP contribution < -0.4 is 15.5 Å². The SMILES string of the molecule is CN(C)C(=O)c1cccc(NC(=O)NCCC(=O)N2CCN(c3ncccn3)CC2)c1. The summed E-state index contributed by atoms with van der Waals surface area (Å²) in [7, 11) is 3.34. The van der Waals surface area contributed by atoms with E-state index in [0.29, 0.717) is 43.4 Å². The van der Waals surface area contributed by atoms with Crippen LogP contribution in [0.15, 0.2) is 42.7 Å². The van der Waals surface area contributed by atoms with E-state index < -0.39 is 6.03 Å². The van der Waals surface area contributed by atoms with Crippen LogP contribution in [0, 0.1) is 0 Å². The molecule has 0 unspecified atom stereocenters. The number of urea groups is 1. The van der Waals surface area contributed by atoms with Crippen LogP contribution in [0.25, 0.3) is 0 Å². The maximum absolute atomic E-state index is 12.4. The van der Waals surface area contributed by atoms with Gasteiger partial charge in [-0.3, -0.25) is 9.59 Å². The van der Waals surface area contributed by atoms with Crippen LogP contribution in [0.3, 0.4) is 0 Å². The minimum atomic E-state index is -0.423. The minimum Gasteiger partial charge on any atom is -0.345 e. The van der Waals surface area contributed by atoms with E-state index in [1.807, 2.05) is 4.90 Å². The van der Waals surface area contributed by atoms with Gasteiger partial charge < -0.3 is 25.3 Å². The average molecular weight is 425 g/mol. The third-order valence-electron chi connectivity index (χ3n) is 4.87. The maximum Gasteiger partial charge on any atom is 0.319 e. The first-order valence-electron chi connectivity index (χ1n) is 10.1. The summed E-state index contributed by atoms with van der Waals surface area (Å²) < 4.78 is 0. The highest BCUT2D eigenvalue weighted by Gasteiger charge is 2.22. The van der Waals surface area contributed by atoms with Gasteiger partial charge >= 0.3 is 6.03 Å². The molecule has 2 heterocycles. The van der Waals surface area contributed by atoms with Crippen molar-refractivity contribution in [1.82, 2.24) is 25.1 Å². The summed E-state index contributed by atoms with van der Waals surface area (Å²) in [5, 5.41) is 5.37. The van der Waals surface area contributed by atoms with Crippen LogP contribution in [0.5, 0.6) is 0 Å². The number of benzene rings is 1. The summed E-state index contributed by atoms with van der Waals surface area (Å²) in [6, 6.07) is 8.06. The van der Waals surface area contributed by atoms with Crippen molar-refractivity contribution in [2.75, 3.05) is 57.0 Å². The van der Waals surface area contributed by atoms with Crippen LogP contribution in [-0.2, 0) is 4.79 Å². The number of carbonyl (C=O) groups is 3. The predicted molar refractivity (Wildman–Crippen MR) is 117 cm³/mol. The Labute approximate surface area is 181 Å². The Morgan fingerprint density at radius 1 is 1.03 bits per heavy atom. The topological polar surface area (TPSA) is 111 Å². The third kappa shape index (κ3) is 6.14. The Balaban J connectivity index is 1.39. The zero-order valence-electron chi connectivity index (χ0n) is 17.7. The van der Waals surface area contributed by atoms with E-state index in [2.05, 4.69) is 20.6 Å². The highest BCUT2D eigenvalue weighted by Crippen LogP contribution is 2.12. The molecule has 1 saturated heterocycles. The van der Waals surface area contributed by atoms with E-state index in [1.54, 1.807) is 61.7 Å². The minimum absolute atomic E-state index is 0.00694. The summed E-state index contributed by atoms with van der Waals surface area (Å²) in [5.74, 6) is 0.519. The van der Waals surface area contributed by atoms with Crippen molar-refractivity contribution in [2.45, 2.75) is 6.42 Å². The Bertz CT molecular complexity index is 912. The number of aromatic nitrogens is 2. The zero-order chi connectivity index (χ0) is 22.2. The highest BCUT2D eigenvalue weighted by atomic mass is 16.2. The van der Waals surface area contributed by atoms with Crippen LogP contribution in [0.1, 0.15) is 16.8 Å². The van der Waals surface area contributed by atoms with E-state index in [4.69, 9.17) is 0 Å². The second-order valence-corrected chi connectivity index (χ2v) is 7.33.